The molecule has 1 aromatic carbocycles. The zero-order chi connectivity index (χ0) is 11.1. The molecule has 0 spiro atoms. The Morgan fingerprint density at radius 1 is 1.20 bits per heavy atom. The third kappa shape index (κ3) is 1.94. The molecule has 1 aliphatic carbocycles. The first-order chi connectivity index (χ1) is 6.98. The molecule has 2 N–H and O–H groups in total. The van der Waals surface area contributed by atoms with E-state index in [0.717, 1.165) is 16.8 Å². The van der Waals surface area contributed by atoms with Crippen molar-refractivity contribution in [3.05, 3.63) is 35.9 Å². The molecule has 78 valence electrons. The SMILES string of the molecule is CC1(C)C=C(c2ccc(N)cc2)C(=O)C1. The number of ketones is 1. The average Bonchev–Trinajstić information content (AvgIpc) is 2.41. The first-order valence-electron chi connectivity index (χ1n) is 5.10. The van der Waals surface area contributed by atoms with E-state index < -0.39 is 0 Å². The summed E-state index contributed by atoms with van der Waals surface area (Å²) < 4.78 is 0. The number of rotatable bonds is 1. The summed E-state index contributed by atoms with van der Waals surface area (Å²) in [7, 11) is 0. The van der Waals surface area contributed by atoms with Crippen molar-refractivity contribution in [1.82, 2.24) is 0 Å². The molecular formula is C13H15NO. The van der Waals surface area contributed by atoms with E-state index in [0.29, 0.717) is 6.42 Å². The predicted molar refractivity (Wildman–Crippen MR) is 62.2 cm³/mol. The van der Waals surface area contributed by atoms with Gasteiger partial charge in [0.25, 0.3) is 0 Å². The Bertz CT molecular complexity index is 426. The van der Waals surface area contributed by atoms with Gasteiger partial charge in [-0.25, -0.2) is 0 Å². The van der Waals surface area contributed by atoms with Crippen LogP contribution in [-0.2, 0) is 4.79 Å². The fourth-order valence-electron chi connectivity index (χ4n) is 1.94. The molecule has 0 fully saturated rings. The summed E-state index contributed by atoms with van der Waals surface area (Å²) in [6.45, 7) is 4.16. The molecular weight excluding hydrogens is 186 g/mol. The maximum absolute atomic E-state index is 11.8. The van der Waals surface area contributed by atoms with Crippen LogP contribution in [0, 0.1) is 5.41 Å². The summed E-state index contributed by atoms with van der Waals surface area (Å²) in [4.78, 5) is 11.8. The van der Waals surface area contributed by atoms with Crippen LogP contribution in [0.15, 0.2) is 30.3 Å². The summed E-state index contributed by atoms with van der Waals surface area (Å²) in [6.07, 6.45) is 2.66. The number of anilines is 1. The zero-order valence-electron chi connectivity index (χ0n) is 9.08. The van der Waals surface area contributed by atoms with Gasteiger partial charge >= 0.3 is 0 Å². The average molecular weight is 201 g/mol. The first-order valence-corrected chi connectivity index (χ1v) is 5.10. The van der Waals surface area contributed by atoms with E-state index in [1.165, 1.54) is 0 Å². The number of carbonyl (C=O) groups is 1. The Morgan fingerprint density at radius 2 is 1.80 bits per heavy atom. The Labute approximate surface area is 89.8 Å². The van der Waals surface area contributed by atoms with Crippen molar-refractivity contribution in [3.8, 4) is 0 Å². The molecule has 2 nitrogen and oxygen atoms in total. The Balaban J connectivity index is 2.40. The molecule has 0 amide bonds. The van der Waals surface area contributed by atoms with Crippen molar-refractivity contribution in [2.24, 2.45) is 5.41 Å². The van der Waals surface area contributed by atoms with E-state index in [1.54, 1.807) is 0 Å². The molecule has 0 saturated heterocycles. The van der Waals surface area contributed by atoms with E-state index >= 15 is 0 Å². The lowest BCUT2D eigenvalue weighted by Crippen LogP contribution is -2.05. The van der Waals surface area contributed by atoms with Gasteiger partial charge in [0.15, 0.2) is 5.78 Å². The first kappa shape index (κ1) is 9.97. The van der Waals surface area contributed by atoms with Crippen LogP contribution in [0.25, 0.3) is 5.57 Å². The minimum Gasteiger partial charge on any atom is -0.399 e. The summed E-state index contributed by atoms with van der Waals surface area (Å²) >= 11 is 0. The molecule has 0 heterocycles. The van der Waals surface area contributed by atoms with Crippen molar-refractivity contribution in [3.63, 3.8) is 0 Å². The van der Waals surface area contributed by atoms with Gasteiger partial charge in [-0.3, -0.25) is 4.79 Å². The molecule has 0 saturated carbocycles. The highest BCUT2D eigenvalue weighted by Crippen LogP contribution is 2.37. The van der Waals surface area contributed by atoms with Gasteiger partial charge in [-0.15, -0.1) is 0 Å². The molecule has 0 aromatic heterocycles. The summed E-state index contributed by atoms with van der Waals surface area (Å²) in [5.74, 6) is 0.227. The highest BCUT2D eigenvalue weighted by Gasteiger charge is 2.30. The van der Waals surface area contributed by atoms with Crippen LogP contribution in [0.5, 0.6) is 0 Å². The summed E-state index contributed by atoms with van der Waals surface area (Å²) in [5, 5.41) is 0. The van der Waals surface area contributed by atoms with Crippen LogP contribution in [0.2, 0.25) is 0 Å². The normalized spacial score (nSPS) is 19.1. The van der Waals surface area contributed by atoms with Gasteiger partial charge in [-0.1, -0.05) is 32.1 Å². The quantitative estimate of drug-likeness (QED) is 0.710. The Morgan fingerprint density at radius 3 is 2.27 bits per heavy atom. The second kappa shape index (κ2) is 3.23. The molecule has 2 heteroatoms. The molecule has 2 rings (SSSR count). The molecule has 15 heavy (non-hydrogen) atoms. The lowest BCUT2D eigenvalue weighted by atomic mass is 9.93. The van der Waals surface area contributed by atoms with Crippen molar-refractivity contribution >= 4 is 17.0 Å². The van der Waals surface area contributed by atoms with Gasteiger partial charge in [-0.2, -0.15) is 0 Å². The van der Waals surface area contributed by atoms with Crippen LogP contribution < -0.4 is 5.73 Å². The second-order valence-electron chi connectivity index (χ2n) is 4.77. The van der Waals surface area contributed by atoms with Crippen LogP contribution in [0.1, 0.15) is 25.8 Å². The number of allylic oxidation sites excluding steroid dienone is 2. The molecule has 1 aromatic rings. The summed E-state index contributed by atoms with van der Waals surface area (Å²) in [5.41, 5.74) is 8.13. The largest absolute Gasteiger partial charge is 0.399 e. The smallest absolute Gasteiger partial charge is 0.164 e. The number of hydrogen-bond acceptors (Lipinski definition) is 2. The van der Waals surface area contributed by atoms with Gasteiger partial charge < -0.3 is 5.73 Å². The zero-order valence-corrected chi connectivity index (χ0v) is 9.08. The van der Waals surface area contributed by atoms with Gasteiger partial charge in [0.2, 0.25) is 0 Å². The lowest BCUT2D eigenvalue weighted by molar-refractivity contribution is -0.114. The number of nitrogens with two attached hydrogens (primary N) is 1. The lowest BCUT2D eigenvalue weighted by Gasteiger charge is -2.10. The van der Waals surface area contributed by atoms with E-state index in [2.05, 4.69) is 19.9 Å². The third-order valence-corrected chi connectivity index (χ3v) is 2.67. The highest BCUT2D eigenvalue weighted by atomic mass is 16.1. The van der Waals surface area contributed by atoms with Gasteiger partial charge in [0, 0.05) is 17.7 Å². The molecule has 1 aliphatic rings. The number of carbonyl (C=O) groups excluding carboxylic acids is 1. The van der Waals surface area contributed by atoms with Crippen molar-refractivity contribution in [2.75, 3.05) is 5.73 Å². The number of Topliss-reactive ketones (excluding diaryl/α,β-unsaturated/α-hetero) is 1. The molecule has 0 radical (unpaired) electrons. The molecule has 0 aliphatic heterocycles. The Kier molecular flexibility index (Phi) is 2.14. The van der Waals surface area contributed by atoms with E-state index in [1.807, 2.05) is 24.3 Å². The Hall–Kier alpha value is -1.57. The standard InChI is InChI=1S/C13H15NO/c1-13(2)7-11(12(15)8-13)9-3-5-10(14)6-4-9/h3-7H,8,14H2,1-2H3. The van der Waals surface area contributed by atoms with E-state index in [4.69, 9.17) is 5.73 Å². The minimum atomic E-state index is -0.00615. The van der Waals surface area contributed by atoms with E-state index in [-0.39, 0.29) is 11.2 Å². The summed E-state index contributed by atoms with van der Waals surface area (Å²) in [6, 6.07) is 7.46. The van der Waals surface area contributed by atoms with Crippen LogP contribution in [0.4, 0.5) is 5.69 Å². The van der Waals surface area contributed by atoms with Crippen molar-refractivity contribution < 1.29 is 4.79 Å². The van der Waals surface area contributed by atoms with Crippen LogP contribution in [-0.4, -0.2) is 5.78 Å². The monoisotopic (exact) mass is 201 g/mol. The topological polar surface area (TPSA) is 43.1 Å². The number of benzene rings is 1. The van der Waals surface area contributed by atoms with Gasteiger partial charge in [0.1, 0.15) is 0 Å². The number of nitrogen functional groups attached to an aromatic ring is 1. The van der Waals surface area contributed by atoms with Gasteiger partial charge in [-0.05, 0) is 23.1 Å². The molecule has 0 bridgehead atoms. The molecule has 0 atom stereocenters. The van der Waals surface area contributed by atoms with Crippen molar-refractivity contribution in [1.29, 1.82) is 0 Å². The fraction of sp³-hybridized carbons (Fsp3) is 0.308. The molecule has 0 unspecified atom stereocenters. The van der Waals surface area contributed by atoms with Crippen LogP contribution >= 0.6 is 0 Å². The third-order valence-electron chi connectivity index (χ3n) is 2.67. The fourth-order valence-corrected chi connectivity index (χ4v) is 1.94. The van der Waals surface area contributed by atoms with Crippen LogP contribution in [0.3, 0.4) is 0 Å². The minimum absolute atomic E-state index is 0.00615. The van der Waals surface area contributed by atoms with Gasteiger partial charge in [0.05, 0.1) is 0 Å². The number of hydrogen-bond donors (Lipinski definition) is 1. The maximum atomic E-state index is 11.8. The predicted octanol–water partition coefficient (Wildman–Crippen LogP) is 2.65. The van der Waals surface area contributed by atoms with Crippen molar-refractivity contribution in [2.45, 2.75) is 20.3 Å². The maximum Gasteiger partial charge on any atom is 0.164 e. The highest BCUT2D eigenvalue weighted by molar-refractivity contribution is 6.23. The second-order valence-corrected chi connectivity index (χ2v) is 4.77. The van der Waals surface area contributed by atoms with E-state index in [9.17, 15) is 4.79 Å².